The van der Waals surface area contributed by atoms with E-state index < -0.39 is 0 Å². The van der Waals surface area contributed by atoms with Crippen molar-refractivity contribution in [1.29, 1.82) is 0 Å². The molecule has 3 rings (SSSR count). The molecule has 0 spiro atoms. The maximum absolute atomic E-state index is 12.8. The molecule has 0 aliphatic carbocycles. The number of aromatic nitrogens is 1. The Bertz CT molecular complexity index is 823. The fraction of sp³-hybridized carbons (Fsp3) is 0.222. The van der Waals surface area contributed by atoms with E-state index in [1.54, 1.807) is 23.3 Å². The summed E-state index contributed by atoms with van der Waals surface area (Å²) in [6.45, 7) is 2.44. The van der Waals surface area contributed by atoms with Crippen molar-refractivity contribution in [1.82, 2.24) is 9.88 Å². The average molecular weight is 358 g/mol. The van der Waals surface area contributed by atoms with E-state index in [2.05, 4.69) is 4.98 Å². The minimum absolute atomic E-state index is 0.00213. The Hall–Kier alpha value is -2.18. The van der Waals surface area contributed by atoms with Crippen LogP contribution in [0.4, 0.5) is 0 Å². The van der Waals surface area contributed by atoms with Gasteiger partial charge in [-0.1, -0.05) is 12.1 Å². The summed E-state index contributed by atoms with van der Waals surface area (Å²) < 4.78 is 5.16. The van der Waals surface area contributed by atoms with E-state index in [1.807, 2.05) is 55.1 Å². The molecule has 24 heavy (non-hydrogen) atoms. The number of nitrogens with zero attached hydrogens (tertiary/aromatic N) is 2. The first-order chi connectivity index (χ1) is 11.6. The van der Waals surface area contributed by atoms with Gasteiger partial charge < -0.3 is 9.64 Å². The lowest BCUT2D eigenvalue weighted by molar-refractivity contribution is 0.0789. The number of hydrogen-bond donors (Lipinski definition) is 0. The molecule has 0 saturated heterocycles. The van der Waals surface area contributed by atoms with Crippen molar-refractivity contribution in [3.05, 3.63) is 57.2 Å². The molecule has 0 bridgehead atoms. The molecule has 6 heteroatoms. The van der Waals surface area contributed by atoms with Crippen LogP contribution in [0.15, 0.2) is 41.1 Å². The van der Waals surface area contributed by atoms with Crippen molar-refractivity contribution in [3.63, 3.8) is 0 Å². The Balaban J connectivity index is 1.75. The van der Waals surface area contributed by atoms with Crippen LogP contribution >= 0.6 is 22.7 Å². The normalized spacial score (nSPS) is 10.6. The summed E-state index contributed by atoms with van der Waals surface area (Å²) in [6.07, 6.45) is 0. The Kier molecular flexibility index (Phi) is 4.97. The van der Waals surface area contributed by atoms with Gasteiger partial charge in [0.2, 0.25) is 0 Å². The van der Waals surface area contributed by atoms with E-state index in [0.29, 0.717) is 11.4 Å². The monoisotopic (exact) mass is 358 g/mol. The zero-order valence-electron chi connectivity index (χ0n) is 13.8. The molecule has 3 aromatic rings. The van der Waals surface area contributed by atoms with Crippen LogP contribution in [0, 0.1) is 6.92 Å². The smallest absolute Gasteiger partial charge is 0.265 e. The number of ether oxygens (including phenoxy) is 1. The first-order valence-corrected chi connectivity index (χ1v) is 9.23. The molecule has 2 aromatic heterocycles. The molecule has 0 N–H and O–H groups in total. The molecule has 1 amide bonds. The van der Waals surface area contributed by atoms with Crippen molar-refractivity contribution in [2.45, 2.75) is 13.5 Å². The Morgan fingerprint density at radius 3 is 2.62 bits per heavy atom. The Labute approximate surface area is 149 Å². The number of benzene rings is 1. The second-order valence-electron chi connectivity index (χ2n) is 5.45. The lowest BCUT2D eigenvalue weighted by atomic mass is 10.2. The molecule has 0 unspecified atom stereocenters. The number of aryl methyl sites for hydroxylation is 1. The van der Waals surface area contributed by atoms with Crippen LogP contribution in [0.3, 0.4) is 0 Å². The second kappa shape index (κ2) is 7.15. The summed E-state index contributed by atoms with van der Waals surface area (Å²) in [4.78, 5) is 19.7. The van der Waals surface area contributed by atoms with Crippen molar-refractivity contribution in [2.24, 2.45) is 0 Å². The van der Waals surface area contributed by atoms with Crippen LogP contribution in [-0.2, 0) is 6.54 Å². The largest absolute Gasteiger partial charge is 0.497 e. The summed E-state index contributed by atoms with van der Waals surface area (Å²) in [5, 5.41) is 4.96. The standard InChI is InChI=1S/C18H18N2O2S2/c1-12-16(24-17(19-12)14-8-9-23-11-14)18(21)20(2)10-13-4-6-15(22-3)7-5-13/h4-9,11H,10H2,1-3H3. The lowest BCUT2D eigenvalue weighted by Gasteiger charge is -2.16. The number of hydrogen-bond acceptors (Lipinski definition) is 5. The van der Waals surface area contributed by atoms with Gasteiger partial charge in [0, 0.05) is 24.5 Å². The van der Waals surface area contributed by atoms with E-state index in [-0.39, 0.29) is 5.91 Å². The van der Waals surface area contributed by atoms with Crippen LogP contribution in [0.5, 0.6) is 5.75 Å². The number of carbonyl (C=O) groups is 1. The third kappa shape index (κ3) is 3.49. The summed E-state index contributed by atoms with van der Waals surface area (Å²) in [5.74, 6) is 0.814. The van der Waals surface area contributed by atoms with Gasteiger partial charge in [0.25, 0.3) is 5.91 Å². The van der Waals surface area contributed by atoms with Gasteiger partial charge in [-0.05, 0) is 36.1 Å². The number of thiophene rings is 1. The van der Waals surface area contributed by atoms with Gasteiger partial charge in [0.15, 0.2) is 0 Å². The molecular weight excluding hydrogens is 340 g/mol. The van der Waals surface area contributed by atoms with Crippen molar-refractivity contribution < 1.29 is 9.53 Å². The van der Waals surface area contributed by atoms with E-state index >= 15 is 0 Å². The molecule has 0 atom stereocenters. The van der Waals surface area contributed by atoms with Crippen molar-refractivity contribution in [2.75, 3.05) is 14.2 Å². The molecule has 0 fully saturated rings. The zero-order chi connectivity index (χ0) is 17.1. The van der Waals surface area contributed by atoms with Crippen molar-refractivity contribution in [3.8, 4) is 16.3 Å². The minimum atomic E-state index is 0.00213. The van der Waals surface area contributed by atoms with E-state index in [4.69, 9.17) is 4.74 Å². The summed E-state index contributed by atoms with van der Waals surface area (Å²) in [5.41, 5.74) is 2.92. The van der Waals surface area contributed by atoms with E-state index in [0.717, 1.165) is 27.6 Å². The zero-order valence-corrected chi connectivity index (χ0v) is 15.4. The molecule has 1 aromatic carbocycles. The van der Waals surface area contributed by atoms with Gasteiger partial charge in [-0.25, -0.2) is 4.98 Å². The maximum atomic E-state index is 12.8. The SMILES string of the molecule is COc1ccc(CN(C)C(=O)c2sc(-c3ccsc3)nc2C)cc1. The predicted molar refractivity (Wildman–Crippen MR) is 99.0 cm³/mol. The number of methoxy groups -OCH3 is 1. The number of rotatable bonds is 5. The van der Waals surface area contributed by atoms with Gasteiger partial charge in [-0.3, -0.25) is 4.79 Å². The van der Waals surface area contributed by atoms with Crippen LogP contribution in [0.2, 0.25) is 0 Å². The summed E-state index contributed by atoms with van der Waals surface area (Å²) in [6, 6.07) is 9.77. The quantitative estimate of drug-likeness (QED) is 0.676. The predicted octanol–water partition coefficient (Wildman–Crippen LogP) is 4.46. The van der Waals surface area contributed by atoms with Gasteiger partial charge in [-0.2, -0.15) is 11.3 Å². The highest BCUT2D eigenvalue weighted by molar-refractivity contribution is 7.17. The third-order valence-corrected chi connectivity index (χ3v) is 5.56. The highest BCUT2D eigenvalue weighted by Gasteiger charge is 2.20. The molecule has 124 valence electrons. The maximum Gasteiger partial charge on any atom is 0.265 e. The Morgan fingerprint density at radius 1 is 1.25 bits per heavy atom. The van der Waals surface area contributed by atoms with Gasteiger partial charge >= 0.3 is 0 Å². The summed E-state index contributed by atoms with van der Waals surface area (Å²) >= 11 is 3.08. The number of thiazole rings is 1. The van der Waals surface area contributed by atoms with E-state index in [9.17, 15) is 4.79 Å². The second-order valence-corrected chi connectivity index (χ2v) is 7.23. The molecule has 0 aliphatic rings. The lowest BCUT2D eigenvalue weighted by Crippen LogP contribution is -2.26. The van der Waals surface area contributed by atoms with E-state index in [1.165, 1.54) is 11.3 Å². The van der Waals surface area contributed by atoms with Gasteiger partial charge in [0.1, 0.15) is 15.6 Å². The van der Waals surface area contributed by atoms with Crippen LogP contribution in [0.1, 0.15) is 20.9 Å². The number of amides is 1. The fourth-order valence-corrected chi connectivity index (χ4v) is 4.13. The molecule has 0 aliphatic heterocycles. The van der Waals surface area contributed by atoms with Crippen LogP contribution < -0.4 is 4.74 Å². The fourth-order valence-electron chi connectivity index (χ4n) is 2.35. The molecular formula is C18H18N2O2S2. The molecule has 2 heterocycles. The average Bonchev–Trinajstić information content (AvgIpc) is 3.24. The van der Waals surface area contributed by atoms with Crippen LogP contribution in [0.25, 0.3) is 10.6 Å². The van der Waals surface area contributed by atoms with Crippen molar-refractivity contribution >= 4 is 28.6 Å². The van der Waals surface area contributed by atoms with Crippen LogP contribution in [-0.4, -0.2) is 29.9 Å². The summed E-state index contributed by atoms with van der Waals surface area (Å²) in [7, 11) is 3.46. The van der Waals surface area contributed by atoms with Gasteiger partial charge in [0.05, 0.1) is 12.8 Å². The van der Waals surface area contributed by atoms with Gasteiger partial charge in [-0.15, -0.1) is 11.3 Å². The molecule has 0 radical (unpaired) electrons. The third-order valence-electron chi connectivity index (χ3n) is 3.68. The minimum Gasteiger partial charge on any atom is -0.497 e. The highest BCUT2D eigenvalue weighted by Crippen LogP contribution is 2.30. The number of carbonyl (C=O) groups excluding carboxylic acids is 1. The first kappa shape index (κ1) is 16.7. The Morgan fingerprint density at radius 2 is 2.00 bits per heavy atom. The topological polar surface area (TPSA) is 42.4 Å². The highest BCUT2D eigenvalue weighted by atomic mass is 32.1. The first-order valence-electron chi connectivity index (χ1n) is 7.47. The molecule has 4 nitrogen and oxygen atoms in total. The molecule has 0 saturated carbocycles.